The van der Waals surface area contributed by atoms with Crippen molar-refractivity contribution in [3.63, 3.8) is 0 Å². The van der Waals surface area contributed by atoms with Gasteiger partial charge in [0.2, 0.25) is 0 Å². The number of amides is 1. The van der Waals surface area contributed by atoms with Crippen molar-refractivity contribution in [3.8, 4) is 0 Å². The van der Waals surface area contributed by atoms with E-state index < -0.39 is 5.91 Å². The highest BCUT2D eigenvalue weighted by Gasteiger charge is 2.35. The van der Waals surface area contributed by atoms with Gasteiger partial charge >= 0.3 is 0 Å². The normalized spacial score (nSPS) is 14.9. The Labute approximate surface area is 120 Å². The zero-order chi connectivity index (χ0) is 14.9. The van der Waals surface area contributed by atoms with E-state index in [-0.39, 0.29) is 11.3 Å². The lowest BCUT2D eigenvalue weighted by molar-refractivity contribution is -0.114. The summed E-state index contributed by atoms with van der Waals surface area (Å²) in [6.07, 6.45) is 0.861. The summed E-state index contributed by atoms with van der Waals surface area (Å²) < 4.78 is 0. The predicted molar refractivity (Wildman–Crippen MR) is 80.3 cm³/mol. The molecule has 0 bridgehead atoms. The minimum absolute atomic E-state index is 0.00167. The number of carbonyl (C=O) groups is 2. The Balaban J connectivity index is 2.17. The molecule has 0 radical (unpaired) electrons. The molecule has 1 aromatic carbocycles. The molecule has 1 aliphatic heterocycles. The Hall–Kier alpha value is -1.68. The lowest BCUT2D eigenvalue weighted by Gasteiger charge is -2.23. The van der Waals surface area contributed by atoms with Crippen LogP contribution in [0.25, 0.3) is 0 Å². The standard InChI is InChI=1S/C16H22N2O2/c1-5-11-6-7-13-12(10-11)14(19)15(20)18(13)9-8-17-16(2,3)4/h6-7,10,17H,5,8-9H2,1-4H3. The van der Waals surface area contributed by atoms with Gasteiger partial charge in [0.1, 0.15) is 0 Å². The van der Waals surface area contributed by atoms with E-state index in [1.165, 1.54) is 0 Å². The molecule has 2 rings (SSSR count). The average Bonchev–Trinajstić information content (AvgIpc) is 2.62. The maximum Gasteiger partial charge on any atom is 0.299 e. The number of ketones is 1. The van der Waals surface area contributed by atoms with Gasteiger partial charge in [-0.15, -0.1) is 0 Å². The predicted octanol–water partition coefficient (Wildman–Crippen LogP) is 2.17. The van der Waals surface area contributed by atoms with Crippen molar-refractivity contribution < 1.29 is 9.59 Å². The van der Waals surface area contributed by atoms with Crippen molar-refractivity contribution in [2.24, 2.45) is 0 Å². The molecule has 0 spiro atoms. The molecule has 0 fully saturated rings. The van der Waals surface area contributed by atoms with Crippen LogP contribution in [0, 0.1) is 0 Å². The molecular weight excluding hydrogens is 252 g/mol. The number of nitrogens with zero attached hydrogens (tertiary/aromatic N) is 1. The first kappa shape index (κ1) is 14.7. The van der Waals surface area contributed by atoms with E-state index in [1.807, 2.05) is 25.1 Å². The number of benzene rings is 1. The number of aryl methyl sites for hydroxylation is 1. The molecule has 4 nitrogen and oxygen atoms in total. The smallest absolute Gasteiger partial charge is 0.299 e. The Morgan fingerprint density at radius 3 is 2.50 bits per heavy atom. The third-order valence-electron chi connectivity index (χ3n) is 3.43. The number of hydrogen-bond donors (Lipinski definition) is 1. The van der Waals surface area contributed by atoms with Crippen molar-refractivity contribution in [2.75, 3.05) is 18.0 Å². The van der Waals surface area contributed by atoms with Gasteiger partial charge in [0, 0.05) is 18.6 Å². The van der Waals surface area contributed by atoms with E-state index >= 15 is 0 Å². The minimum Gasteiger partial charge on any atom is -0.310 e. The molecule has 0 unspecified atom stereocenters. The molecule has 4 heteroatoms. The fourth-order valence-corrected chi connectivity index (χ4v) is 2.33. The van der Waals surface area contributed by atoms with Gasteiger partial charge in [-0.05, 0) is 44.9 Å². The van der Waals surface area contributed by atoms with Crippen molar-refractivity contribution >= 4 is 17.4 Å². The van der Waals surface area contributed by atoms with E-state index in [9.17, 15) is 9.59 Å². The summed E-state index contributed by atoms with van der Waals surface area (Å²) in [4.78, 5) is 25.7. The minimum atomic E-state index is -0.413. The van der Waals surface area contributed by atoms with Crippen molar-refractivity contribution in [1.29, 1.82) is 0 Å². The van der Waals surface area contributed by atoms with Crippen LogP contribution in [0.3, 0.4) is 0 Å². The lowest BCUT2D eigenvalue weighted by Crippen LogP contribution is -2.42. The van der Waals surface area contributed by atoms with Crippen LogP contribution in [0.1, 0.15) is 43.6 Å². The Bertz CT molecular complexity index is 544. The molecular formula is C16H22N2O2. The van der Waals surface area contributed by atoms with Gasteiger partial charge in [-0.1, -0.05) is 13.0 Å². The van der Waals surface area contributed by atoms with Gasteiger partial charge in [-0.2, -0.15) is 0 Å². The Kier molecular flexibility index (Phi) is 3.95. The van der Waals surface area contributed by atoms with Crippen LogP contribution < -0.4 is 10.2 Å². The van der Waals surface area contributed by atoms with Crippen molar-refractivity contribution in [3.05, 3.63) is 29.3 Å². The van der Waals surface area contributed by atoms with Crippen LogP contribution in [-0.2, 0) is 11.2 Å². The highest BCUT2D eigenvalue weighted by molar-refractivity contribution is 6.52. The van der Waals surface area contributed by atoms with E-state index in [0.29, 0.717) is 18.7 Å². The Morgan fingerprint density at radius 2 is 1.90 bits per heavy atom. The molecule has 108 valence electrons. The summed E-state index contributed by atoms with van der Waals surface area (Å²) in [7, 11) is 0. The third-order valence-corrected chi connectivity index (χ3v) is 3.43. The van der Waals surface area contributed by atoms with Crippen LogP contribution in [0.15, 0.2) is 18.2 Å². The van der Waals surface area contributed by atoms with E-state index in [4.69, 9.17) is 0 Å². The number of nitrogens with one attached hydrogen (secondary N) is 1. The second-order valence-electron chi connectivity index (χ2n) is 6.17. The first-order chi connectivity index (χ1) is 9.33. The first-order valence-corrected chi connectivity index (χ1v) is 7.07. The average molecular weight is 274 g/mol. The molecule has 0 saturated heterocycles. The van der Waals surface area contributed by atoms with E-state index in [0.717, 1.165) is 17.7 Å². The maximum absolute atomic E-state index is 12.1. The molecule has 0 atom stereocenters. The molecule has 0 saturated carbocycles. The summed E-state index contributed by atoms with van der Waals surface area (Å²) in [6.45, 7) is 9.44. The Morgan fingerprint density at radius 1 is 1.20 bits per heavy atom. The fourth-order valence-electron chi connectivity index (χ4n) is 2.33. The summed E-state index contributed by atoms with van der Waals surface area (Å²) in [5, 5.41) is 3.33. The molecule has 1 aromatic rings. The summed E-state index contributed by atoms with van der Waals surface area (Å²) in [5.74, 6) is -0.796. The highest BCUT2D eigenvalue weighted by Crippen LogP contribution is 2.29. The molecule has 0 aliphatic carbocycles. The molecule has 20 heavy (non-hydrogen) atoms. The van der Waals surface area contributed by atoms with Gasteiger partial charge in [0.25, 0.3) is 11.7 Å². The number of carbonyl (C=O) groups excluding carboxylic acids is 2. The largest absolute Gasteiger partial charge is 0.310 e. The van der Waals surface area contributed by atoms with Crippen LogP contribution in [0.2, 0.25) is 0 Å². The van der Waals surface area contributed by atoms with Crippen LogP contribution in [0.5, 0.6) is 0 Å². The second-order valence-corrected chi connectivity index (χ2v) is 6.17. The first-order valence-electron chi connectivity index (χ1n) is 7.07. The van der Waals surface area contributed by atoms with Crippen molar-refractivity contribution in [1.82, 2.24) is 5.32 Å². The zero-order valence-electron chi connectivity index (χ0n) is 12.6. The topological polar surface area (TPSA) is 49.4 Å². The summed E-state index contributed by atoms with van der Waals surface area (Å²) in [5.41, 5.74) is 2.37. The molecule has 1 heterocycles. The van der Waals surface area contributed by atoms with Crippen LogP contribution in [0.4, 0.5) is 5.69 Å². The summed E-state index contributed by atoms with van der Waals surface area (Å²) >= 11 is 0. The van der Waals surface area contributed by atoms with Crippen LogP contribution in [-0.4, -0.2) is 30.3 Å². The highest BCUT2D eigenvalue weighted by atomic mass is 16.2. The number of rotatable bonds is 4. The molecule has 0 aromatic heterocycles. The fraction of sp³-hybridized carbons (Fsp3) is 0.500. The maximum atomic E-state index is 12.1. The lowest BCUT2D eigenvalue weighted by atomic mass is 10.1. The monoisotopic (exact) mass is 274 g/mol. The van der Waals surface area contributed by atoms with E-state index in [2.05, 4.69) is 26.1 Å². The number of Topliss-reactive ketones (excluding diaryl/α,β-unsaturated/α-hetero) is 1. The molecule has 1 amide bonds. The quantitative estimate of drug-likeness (QED) is 0.856. The summed E-state index contributed by atoms with van der Waals surface area (Å²) in [6, 6.07) is 5.70. The second kappa shape index (κ2) is 5.37. The van der Waals surface area contributed by atoms with Gasteiger partial charge in [0.05, 0.1) is 11.3 Å². The number of fused-ring (bicyclic) bond motifs is 1. The van der Waals surface area contributed by atoms with Gasteiger partial charge in [0.15, 0.2) is 0 Å². The van der Waals surface area contributed by atoms with Crippen molar-refractivity contribution in [2.45, 2.75) is 39.7 Å². The van der Waals surface area contributed by atoms with E-state index in [1.54, 1.807) is 4.90 Å². The zero-order valence-corrected chi connectivity index (χ0v) is 12.6. The van der Waals surface area contributed by atoms with Gasteiger partial charge in [-0.25, -0.2) is 0 Å². The third kappa shape index (κ3) is 2.90. The molecule has 1 aliphatic rings. The van der Waals surface area contributed by atoms with Gasteiger partial charge in [-0.3, -0.25) is 9.59 Å². The SMILES string of the molecule is CCc1ccc2c(c1)C(=O)C(=O)N2CCNC(C)(C)C. The molecule has 1 N–H and O–H groups in total. The van der Waals surface area contributed by atoms with Crippen LogP contribution >= 0.6 is 0 Å². The van der Waals surface area contributed by atoms with Gasteiger partial charge < -0.3 is 10.2 Å². The number of anilines is 1. The number of hydrogen-bond acceptors (Lipinski definition) is 3.